The molecule has 4 nitrogen and oxygen atoms in total. The molecule has 0 radical (unpaired) electrons. The molecule has 7 heteroatoms. The van der Waals surface area contributed by atoms with Gasteiger partial charge in [-0.1, -0.05) is 17.7 Å². The Bertz CT molecular complexity index is 762. The quantitative estimate of drug-likeness (QED) is 0.798. The standard InChI is InChI=1S/C13H11BrClNO3S/c1-8-2-5-13(10(14)6-8)20(18,19)16-9-3-4-12(17)11(15)7-9/h2-7,16-17H,1H3. The number of anilines is 1. The van der Waals surface area contributed by atoms with E-state index in [1.807, 2.05) is 6.92 Å². The van der Waals surface area contributed by atoms with Crippen LogP contribution in [-0.4, -0.2) is 13.5 Å². The van der Waals surface area contributed by atoms with Gasteiger partial charge in [-0.15, -0.1) is 0 Å². The molecule has 2 aromatic carbocycles. The van der Waals surface area contributed by atoms with Crippen LogP contribution in [0.3, 0.4) is 0 Å². The fraction of sp³-hybridized carbons (Fsp3) is 0.0769. The van der Waals surface area contributed by atoms with Crippen molar-refractivity contribution in [2.24, 2.45) is 0 Å². The van der Waals surface area contributed by atoms with Gasteiger partial charge in [-0.3, -0.25) is 4.72 Å². The summed E-state index contributed by atoms with van der Waals surface area (Å²) in [7, 11) is -3.73. The number of hydrogen-bond acceptors (Lipinski definition) is 3. The zero-order chi connectivity index (χ0) is 14.9. The third-order valence-electron chi connectivity index (χ3n) is 2.58. The SMILES string of the molecule is Cc1ccc(S(=O)(=O)Nc2ccc(O)c(Cl)c2)c(Br)c1. The molecule has 0 bridgehead atoms. The van der Waals surface area contributed by atoms with Crippen LogP contribution < -0.4 is 4.72 Å². The number of aryl methyl sites for hydroxylation is 1. The highest BCUT2D eigenvalue weighted by Gasteiger charge is 2.18. The van der Waals surface area contributed by atoms with E-state index in [2.05, 4.69) is 20.7 Å². The Morgan fingerprint density at radius 1 is 1.20 bits per heavy atom. The summed E-state index contributed by atoms with van der Waals surface area (Å²) in [4.78, 5) is 0.132. The van der Waals surface area contributed by atoms with Gasteiger partial charge in [0.15, 0.2) is 0 Å². The number of phenolic OH excluding ortho intramolecular Hbond substituents is 1. The number of hydrogen-bond donors (Lipinski definition) is 2. The predicted molar refractivity (Wildman–Crippen MR) is 82.8 cm³/mol. The molecule has 0 aliphatic carbocycles. The van der Waals surface area contributed by atoms with E-state index in [-0.39, 0.29) is 21.4 Å². The highest BCUT2D eigenvalue weighted by molar-refractivity contribution is 9.10. The molecule has 106 valence electrons. The van der Waals surface area contributed by atoms with Crippen molar-refractivity contribution < 1.29 is 13.5 Å². The molecule has 0 heterocycles. The van der Waals surface area contributed by atoms with E-state index in [1.165, 1.54) is 24.3 Å². The van der Waals surface area contributed by atoms with Gasteiger partial charge in [-0.25, -0.2) is 8.42 Å². The smallest absolute Gasteiger partial charge is 0.263 e. The van der Waals surface area contributed by atoms with E-state index in [9.17, 15) is 13.5 Å². The molecule has 0 aliphatic rings. The number of phenols is 1. The molecule has 0 saturated heterocycles. The lowest BCUT2D eigenvalue weighted by Crippen LogP contribution is -2.13. The Morgan fingerprint density at radius 2 is 1.90 bits per heavy atom. The summed E-state index contributed by atoms with van der Waals surface area (Å²) in [5.74, 6) is -0.105. The molecule has 0 atom stereocenters. The Labute approximate surface area is 130 Å². The number of nitrogens with one attached hydrogen (secondary N) is 1. The van der Waals surface area contributed by atoms with Crippen molar-refractivity contribution in [3.05, 3.63) is 51.5 Å². The fourth-order valence-electron chi connectivity index (χ4n) is 1.60. The number of rotatable bonds is 3. The average molecular weight is 377 g/mol. The van der Waals surface area contributed by atoms with Crippen LogP contribution in [0.5, 0.6) is 5.75 Å². The molecule has 0 saturated carbocycles. The zero-order valence-electron chi connectivity index (χ0n) is 10.4. The normalized spacial score (nSPS) is 11.3. The van der Waals surface area contributed by atoms with Crippen LogP contribution in [0, 0.1) is 6.92 Å². The van der Waals surface area contributed by atoms with Gasteiger partial charge in [0.25, 0.3) is 10.0 Å². The number of benzene rings is 2. The maximum atomic E-state index is 12.3. The first kappa shape index (κ1) is 15.2. The second-order valence-electron chi connectivity index (χ2n) is 4.21. The molecular formula is C13H11BrClNO3S. The van der Waals surface area contributed by atoms with Crippen LogP contribution in [0.15, 0.2) is 45.8 Å². The highest BCUT2D eigenvalue weighted by atomic mass is 79.9. The van der Waals surface area contributed by atoms with Gasteiger partial charge in [0.1, 0.15) is 10.6 Å². The third kappa shape index (κ3) is 3.26. The minimum atomic E-state index is -3.73. The Kier molecular flexibility index (Phi) is 4.27. The van der Waals surface area contributed by atoms with E-state index < -0.39 is 10.0 Å². The fourth-order valence-corrected chi connectivity index (χ4v) is 4.03. The Balaban J connectivity index is 2.38. The number of aromatic hydroxyl groups is 1. The van der Waals surface area contributed by atoms with Crippen molar-refractivity contribution >= 4 is 43.2 Å². The molecule has 2 N–H and O–H groups in total. The topological polar surface area (TPSA) is 66.4 Å². The minimum absolute atomic E-state index is 0.0770. The Morgan fingerprint density at radius 3 is 2.50 bits per heavy atom. The summed E-state index contributed by atoms with van der Waals surface area (Å²) in [6.07, 6.45) is 0. The molecule has 0 fully saturated rings. The van der Waals surface area contributed by atoms with Crippen molar-refractivity contribution in [3.63, 3.8) is 0 Å². The zero-order valence-corrected chi connectivity index (χ0v) is 13.6. The summed E-state index contributed by atoms with van der Waals surface area (Å²) >= 11 is 8.98. The molecule has 0 aromatic heterocycles. The second kappa shape index (κ2) is 5.63. The van der Waals surface area contributed by atoms with Gasteiger partial charge in [-0.05, 0) is 58.7 Å². The van der Waals surface area contributed by atoms with E-state index >= 15 is 0 Å². The Hall–Kier alpha value is -1.24. The lowest BCUT2D eigenvalue weighted by atomic mass is 10.2. The molecule has 0 aliphatic heterocycles. The van der Waals surface area contributed by atoms with E-state index in [0.29, 0.717) is 4.47 Å². The van der Waals surface area contributed by atoms with Crippen molar-refractivity contribution in [3.8, 4) is 5.75 Å². The van der Waals surface area contributed by atoms with Gasteiger partial charge in [-0.2, -0.15) is 0 Å². The van der Waals surface area contributed by atoms with E-state index in [0.717, 1.165) is 5.56 Å². The van der Waals surface area contributed by atoms with Crippen LogP contribution >= 0.6 is 27.5 Å². The van der Waals surface area contributed by atoms with E-state index in [1.54, 1.807) is 12.1 Å². The lowest BCUT2D eigenvalue weighted by molar-refractivity contribution is 0.475. The minimum Gasteiger partial charge on any atom is -0.506 e. The molecular weight excluding hydrogens is 366 g/mol. The molecule has 0 spiro atoms. The molecule has 0 unspecified atom stereocenters. The first-order valence-corrected chi connectivity index (χ1v) is 8.22. The van der Waals surface area contributed by atoms with Crippen LogP contribution in [0.2, 0.25) is 5.02 Å². The van der Waals surface area contributed by atoms with Crippen LogP contribution in [0.4, 0.5) is 5.69 Å². The highest BCUT2D eigenvalue weighted by Crippen LogP contribution is 2.29. The maximum Gasteiger partial charge on any atom is 0.263 e. The first-order valence-electron chi connectivity index (χ1n) is 5.57. The maximum absolute atomic E-state index is 12.3. The molecule has 0 amide bonds. The molecule has 2 rings (SSSR count). The third-order valence-corrected chi connectivity index (χ3v) is 5.24. The molecule has 2 aromatic rings. The van der Waals surface area contributed by atoms with Crippen molar-refractivity contribution in [2.75, 3.05) is 4.72 Å². The monoisotopic (exact) mass is 375 g/mol. The van der Waals surface area contributed by atoms with Crippen molar-refractivity contribution in [2.45, 2.75) is 11.8 Å². The average Bonchev–Trinajstić information content (AvgIpc) is 2.33. The van der Waals surface area contributed by atoms with Gasteiger partial charge in [0, 0.05) is 4.47 Å². The lowest BCUT2D eigenvalue weighted by Gasteiger charge is -2.10. The summed E-state index contributed by atoms with van der Waals surface area (Å²) in [6.45, 7) is 1.87. The van der Waals surface area contributed by atoms with Crippen molar-refractivity contribution in [1.29, 1.82) is 0 Å². The largest absolute Gasteiger partial charge is 0.506 e. The van der Waals surface area contributed by atoms with Crippen LogP contribution in [0.25, 0.3) is 0 Å². The van der Waals surface area contributed by atoms with E-state index in [4.69, 9.17) is 11.6 Å². The van der Waals surface area contributed by atoms with Gasteiger partial charge in [0.05, 0.1) is 10.7 Å². The van der Waals surface area contributed by atoms with Gasteiger partial charge in [0.2, 0.25) is 0 Å². The number of halogens is 2. The van der Waals surface area contributed by atoms with Gasteiger partial charge < -0.3 is 5.11 Å². The predicted octanol–water partition coefficient (Wildman–Crippen LogP) is 3.92. The van der Waals surface area contributed by atoms with Crippen molar-refractivity contribution in [1.82, 2.24) is 0 Å². The second-order valence-corrected chi connectivity index (χ2v) is 7.12. The first-order chi connectivity index (χ1) is 9.29. The summed E-state index contributed by atoms with van der Waals surface area (Å²) in [6, 6.07) is 9.05. The van der Waals surface area contributed by atoms with Gasteiger partial charge >= 0.3 is 0 Å². The summed E-state index contributed by atoms with van der Waals surface area (Å²) in [5, 5.41) is 9.39. The summed E-state index contributed by atoms with van der Waals surface area (Å²) < 4.78 is 27.5. The van der Waals surface area contributed by atoms with Crippen LogP contribution in [-0.2, 0) is 10.0 Å². The van der Waals surface area contributed by atoms with Crippen LogP contribution in [0.1, 0.15) is 5.56 Å². The molecule has 20 heavy (non-hydrogen) atoms. The summed E-state index contributed by atoms with van der Waals surface area (Å²) in [5.41, 5.74) is 1.23. The number of sulfonamides is 1.